The second kappa shape index (κ2) is 7.46. The Morgan fingerprint density at radius 1 is 0.759 bits per heavy atom. The zero-order valence-corrected chi connectivity index (χ0v) is 15.8. The summed E-state index contributed by atoms with van der Waals surface area (Å²) in [5.74, 6) is -0.385. The van der Waals surface area contributed by atoms with E-state index >= 15 is 0 Å². The third-order valence-corrected chi connectivity index (χ3v) is 4.62. The fraction of sp³-hybridized carbons (Fsp3) is 0.0526. The summed E-state index contributed by atoms with van der Waals surface area (Å²) in [5.41, 5.74) is -0.195. The van der Waals surface area contributed by atoms with Crippen LogP contribution in [0.3, 0.4) is 0 Å². The smallest absolute Gasteiger partial charge is 0.330 e. The first-order valence-corrected chi connectivity index (χ1v) is 8.88. The van der Waals surface area contributed by atoms with E-state index in [9.17, 15) is 13.2 Å². The molecule has 5 nitrogen and oxygen atoms in total. The van der Waals surface area contributed by atoms with E-state index < -0.39 is 11.9 Å². The van der Waals surface area contributed by atoms with Gasteiger partial charge in [-0.2, -0.15) is 18.2 Å². The summed E-state index contributed by atoms with van der Waals surface area (Å²) in [7, 11) is 0. The molecular formula is C19H9Cl2F3N4O. The lowest BCUT2D eigenvalue weighted by Gasteiger charge is -2.09. The standard InChI is InChI=1S/C19H9Cl2F3N4O/c20-12-7-6-11(8-13(12)21)14-9-15(19(22,23)24)26-17(25-14)18-27-16(28-29-18)10-4-2-1-3-5-10/h1-9H. The first-order chi connectivity index (χ1) is 13.8. The van der Waals surface area contributed by atoms with Gasteiger partial charge in [-0.25, -0.2) is 9.97 Å². The second-order valence-corrected chi connectivity index (χ2v) is 6.69. The van der Waals surface area contributed by atoms with Crippen molar-refractivity contribution in [2.24, 2.45) is 0 Å². The topological polar surface area (TPSA) is 64.7 Å². The van der Waals surface area contributed by atoms with E-state index in [-0.39, 0.29) is 33.3 Å². The molecule has 0 spiro atoms. The molecule has 2 heterocycles. The van der Waals surface area contributed by atoms with Crippen molar-refractivity contribution in [3.05, 3.63) is 70.3 Å². The molecule has 10 heteroatoms. The molecule has 4 aromatic rings. The minimum absolute atomic E-state index is 0.0136. The van der Waals surface area contributed by atoms with E-state index in [1.165, 1.54) is 18.2 Å². The Hall–Kier alpha value is -2.97. The van der Waals surface area contributed by atoms with Crippen molar-refractivity contribution in [1.29, 1.82) is 0 Å². The molecule has 0 unspecified atom stereocenters. The van der Waals surface area contributed by atoms with E-state index in [0.717, 1.165) is 6.07 Å². The Kier molecular flexibility index (Phi) is 4.97. The first kappa shape index (κ1) is 19.4. The summed E-state index contributed by atoms with van der Waals surface area (Å²) in [6.07, 6.45) is -4.70. The molecule has 4 rings (SSSR count). The highest BCUT2D eigenvalue weighted by atomic mass is 35.5. The summed E-state index contributed by atoms with van der Waals surface area (Å²) in [6, 6.07) is 14.0. The molecule has 29 heavy (non-hydrogen) atoms. The molecule has 0 aliphatic rings. The van der Waals surface area contributed by atoms with Gasteiger partial charge in [-0.05, 0) is 18.2 Å². The van der Waals surface area contributed by atoms with Crippen LogP contribution in [0.25, 0.3) is 34.4 Å². The Morgan fingerprint density at radius 2 is 1.52 bits per heavy atom. The lowest BCUT2D eigenvalue weighted by atomic mass is 10.1. The van der Waals surface area contributed by atoms with Gasteiger partial charge in [-0.1, -0.05) is 64.8 Å². The molecule has 2 aromatic carbocycles. The van der Waals surface area contributed by atoms with Crippen molar-refractivity contribution < 1.29 is 17.7 Å². The fourth-order valence-electron chi connectivity index (χ4n) is 2.51. The van der Waals surface area contributed by atoms with Crippen molar-refractivity contribution in [1.82, 2.24) is 20.1 Å². The van der Waals surface area contributed by atoms with Crippen molar-refractivity contribution in [2.75, 3.05) is 0 Å². The van der Waals surface area contributed by atoms with Gasteiger partial charge in [0.2, 0.25) is 11.6 Å². The number of rotatable bonds is 3. The van der Waals surface area contributed by atoms with Crippen LogP contribution in [0, 0.1) is 0 Å². The Balaban J connectivity index is 1.83. The van der Waals surface area contributed by atoms with Crippen LogP contribution in [0.4, 0.5) is 13.2 Å². The Bertz CT molecular complexity index is 1180. The quantitative estimate of drug-likeness (QED) is 0.383. The summed E-state index contributed by atoms with van der Waals surface area (Å²) in [6.45, 7) is 0. The summed E-state index contributed by atoms with van der Waals surface area (Å²) in [4.78, 5) is 11.8. The van der Waals surface area contributed by atoms with E-state index in [1.807, 2.05) is 6.07 Å². The highest BCUT2D eigenvalue weighted by Crippen LogP contribution is 2.34. The van der Waals surface area contributed by atoms with Crippen LogP contribution in [0.5, 0.6) is 0 Å². The third-order valence-electron chi connectivity index (χ3n) is 3.88. The predicted molar refractivity (Wildman–Crippen MR) is 101 cm³/mol. The highest BCUT2D eigenvalue weighted by molar-refractivity contribution is 6.42. The number of alkyl halides is 3. The van der Waals surface area contributed by atoms with Crippen LogP contribution < -0.4 is 0 Å². The Labute approximate surface area is 172 Å². The van der Waals surface area contributed by atoms with E-state index in [4.69, 9.17) is 27.7 Å². The normalized spacial score (nSPS) is 11.6. The zero-order chi connectivity index (χ0) is 20.6. The minimum atomic E-state index is -4.70. The maximum absolute atomic E-state index is 13.4. The van der Waals surface area contributed by atoms with Crippen LogP contribution in [-0.4, -0.2) is 20.1 Å². The molecule has 146 valence electrons. The van der Waals surface area contributed by atoms with E-state index in [2.05, 4.69) is 20.1 Å². The van der Waals surface area contributed by atoms with Crippen molar-refractivity contribution in [3.63, 3.8) is 0 Å². The Morgan fingerprint density at radius 3 is 2.21 bits per heavy atom. The van der Waals surface area contributed by atoms with Gasteiger partial charge in [0.15, 0.2) is 0 Å². The fourth-order valence-corrected chi connectivity index (χ4v) is 2.81. The molecule has 0 atom stereocenters. The number of aromatic nitrogens is 4. The SMILES string of the molecule is FC(F)(F)c1cc(-c2ccc(Cl)c(Cl)c2)nc(-c2nc(-c3ccccc3)no2)n1. The van der Waals surface area contributed by atoms with Crippen LogP contribution in [0.1, 0.15) is 5.69 Å². The largest absolute Gasteiger partial charge is 0.433 e. The van der Waals surface area contributed by atoms with Crippen molar-refractivity contribution in [2.45, 2.75) is 6.18 Å². The van der Waals surface area contributed by atoms with Gasteiger partial charge in [0.05, 0.1) is 15.7 Å². The molecule has 0 fully saturated rings. The van der Waals surface area contributed by atoms with Crippen LogP contribution in [-0.2, 0) is 6.18 Å². The van der Waals surface area contributed by atoms with E-state index in [1.54, 1.807) is 24.3 Å². The highest BCUT2D eigenvalue weighted by Gasteiger charge is 2.34. The molecule has 2 aromatic heterocycles. The molecule has 0 saturated carbocycles. The molecular weight excluding hydrogens is 428 g/mol. The lowest BCUT2D eigenvalue weighted by Crippen LogP contribution is -2.10. The number of nitrogens with zero attached hydrogens (tertiary/aromatic N) is 4. The number of halogens is 5. The predicted octanol–water partition coefficient (Wildman–Crippen LogP) is 6.19. The summed E-state index contributed by atoms with van der Waals surface area (Å²) >= 11 is 11.9. The maximum atomic E-state index is 13.4. The molecule has 0 radical (unpaired) electrons. The average Bonchev–Trinajstić information content (AvgIpc) is 3.20. The van der Waals surface area contributed by atoms with Crippen molar-refractivity contribution in [3.8, 4) is 34.4 Å². The van der Waals surface area contributed by atoms with Crippen LogP contribution in [0.15, 0.2) is 59.1 Å². The zero-order valence-electron chi connectivity index (χ0n) is 14.3. The lowest BCUT2D eigenvalue weighted by molar-refractivity contribution is -0.141. The van der Waals surface area contributed by atoms with Gasteiger partial charge >= 0.3 is 6.18 Å². The average molecular weight is 437 g/mol. The molecule has 0 aliphatic carbocycles. The van der Waals surface area contributed by atoms with Crippen LogP contribution in [0.2, 0.25) is 10.0 Å². The number of hydrogen-bond donors (Lipinski definition) is 0. The minimum Gasteiger partial charge on any atom is -0.330 e. The summed E-state index contributed by atoms with van der Waals surface area (Å²) in [5, 5.41) is 4.25. The molecule has 0 aliphatic heterocycles. The molecule has 0 saturated heterocycles. The van der Waals surface area contributed by atoms with Gasteiger partial charge in [0.1, 0.15) is 5.69 Å². The second-order valence-electron chi connectivity index (χ2n) is 5.88. The van der Waals surface area contributed by atoms with Gasteiger partial charge in [0.25, 0.3) is 5.89 Å². The van der Waals surface area contributed by atoms with Gasteiger partial charge in [-0.3, -0.25) is 0 Å². The van der Waals surface area contributed by atoms with Gasteiger partial charge in [0, 0.05) is 11.1 Å². The van der Waals surface area contributed by atoms with Gasteiger partial charge in [-0.15, -0.1) is 0 Å². The summed E-state index contributed by atoms with van der Waals surface area (Å²) < 4.78 is 45.3. The third kappa shape index (κ3) is 4.08. The molecule has 0 N–H and O–H groups in total. The van der Waals surface area contributed by atoms with Crippen molar-refractivity contribution >= 4 is 23.2 Å². The van der Waals surface area contributed by atoms with E-state index in [0.29, 0.717) is 11.1 Å². The maximum Gasteiger partial charge on any atom is 0.433 e. The molecule has 0 amide bonds. The molecule has 0 bridgehead atoms. The number of hydrogen-bond acceptors (Lipinski definition) is 5. The first-order valence-electron chi connectivity index (χ1n) is 8.12. The van der Waals surface area contributed by atoms with Crippen LogP contribution >= 0.6 is 23.2 Å². The monoisotopic (exact) mass is 436 g/mol. The van der Waals surface area contributed by atoms with Gasteiger partial charge < -0.3 is 4.52 Å². The number of benzene rings is 2.